The van der Waals surface area contributed by atoms with Crippen LogP contribution in [0.5, 0.6) is 0 Å². The highest BCUT2D eigenvalue weighted by molar-refractivity contribution is 8.00. The van der Waals surface area contributed by atoms with Crippen molar-refractivity contribution >= 4 is 58.1 Å². The van der Waals surface area contributed by atoms with Crippen LogP contribution < -0.4 is 10.2 Å². The van der Waals surface area contributed by atoms with Crippen LogP contribution in [0.1, 0.15) is 23.0 Å². The molecule has 3 fully saturated rings. The maximum atomic E-state index is 13.6. The molecular formula is C25H20ClN3O5S2. The van der Waals surface area contributed by atoms with Gasteiger partial charge in [-0.25, -0.2) is 0 Å². The summed E-state index contributed by atoms with van der Waals surface area (Å²) in [5.74, 6) is -1.11. The van der Waals surface area contributed by atoms with E-state index in [2.05, 4.69) is 10.3 Å². The Balaban J connectivity index is 1.17. The average Bonchev–Trinajstić information content (AvgIpc) is 3.66. The number of anilines is 1. The minimum atomic E-state index is -0.442. The van der Waals surface area contributed by atoms with E-state index in [0.29, 0.717) is 10.7 Å². The lowest BCUT2D eigenvalue weighted by atomic mass is 9.69. The zero-order valence-electron chi connectivity index (χ0n) is 18.7. The van der Waals surface area contributed by atoms with Gasteiger partial charge in [-0.3, -0.25) is 24.1 Å². The van der Waals surface area contributed by atoms with E-state index in [4.69, 9.17) is 16.0 Å². The fourth-order valence-corrected chi connectivity index (χ4v) is 9.89. The lowest BCUT2D eigenvalue weighted by molar-refractivity contribution is -0.143. The maximum absolute atomic E-state index is 13.6. The van der Waals surface area contributed by atoms with Crippen molar-refractivity contribution in [3.8, 4) is 0 Å². The summed E-state index contributed by atoms with van der Waals surface area (Å²) < 4.78 is 5.81. The summed E-state index contributed by atoms with van der Waals surface area (Å²) in [5, 5.41) is 4.21. The molecule has 4 heterocycles. The number of carbonyl (C=O) groups excluding carboxylic acids is 3. The molecule has 2 aromatic heterocycles. The van der Waals surface area contributed by atoms with Gasteiger partial charge in [-0.05, 0) is 60.6 Å². The number of fused-ring (bicyclic) bond motifs is 9. The Hall–Kier alpha value is -2.82. The summed E-state index contributed by atoms with van der Waals surface area (Å²) >= 11 is 8.72. The fourth-order valence-electron chi connectivity index (χ4n) is 6.90. The van der Waals surface area contributed by atoms with E-state index in [9.17, 15) is 19.2 Å². The number of furan rings is 1. The Bertz CT molecular complexity index is 1450. The Morgan fingerprint density at radius 1 is 1.11 bits per heavy atom. The first-order valence-electron chi connectivity index (χ1n) is 11.7. The van der Waals surface area contributed by atoms with Gasteiger partial charge in [0, 0.05) is 16.0 Å². The number of benzene rings is 1. The summed E-state index contributed by atoms with van der Waals surface area (Å²) in [6, 6.07) is 10.4. The van der Waals surface area contributed by atoms with Gasteiger partial charge in [0.15, 0.2) is 0 Å². The number of thiazole rings is 1. The third-order valence-electron chi connectivity index (χ3n) is 8.09. The monoisotopic (exact) mass is 541 g/mol. The van der Waals surface area contributed by atoms with E-state index in [0.717, 1.165) is 27.0 Å². The molecule has 2 aliphatic heterocycles. The molecule has 2 bridgehead atoms. The van der Waals surface area contributed by atoms with Gasteiger partial charge in [-0.1, -0.05) is 22.9 Å². The lowest BCUT2D eigenvalue weighted by Crippen LogP contribution is -2.42. The SMILES string of the molecule is O=C(CN1C(=O)[C@@H]2[C@H]3C[C@@H]([C@@H]4Sc5[nH]c(=O)sc5[C@H](c5ccco5)[C@H]34)[C@H]2C1=O)Nc1ccc(Cl)cc1. The van der Waals surface area contributed by atoms with Crippen molar-refractivity contribution < 1.29 is 18.8 Å². The molecule has 7 rings (SSSR count). The van der Waals surface area contributed by atoms with Crippen LogP contribution in [0.15, 0.2) is 56.9 Å². The minimum Gasteiger partial charge on any atom is -0.469 e. The predicted octanol–water partition coefficient (Wildman–Crippen LogP) is 3.79. The quantitative estimate of drug-likeness (QED) is 0.486. The number of aromatic nitrogens is 1. The number of aromatic amines is 1. The van der Waals surface area contributed by atoms with Crippen LogP contribution >= 0.6 is 34.7 Å². The second kappa shape index (κ2) is 8.09. The van der Waals surface area contributed by atoms with Crippen LogP contribution in [0.4, 0.5) is 5.69 Å². The lowest BCUT2D eigenvalue weighted by Gasteiger charge is -2.42. The molecule has 0 radical (unpaired) electrons. The van der Waals surface area contributed by atoms with Crippen molar-refractivity contribution in [2.24, 2.45) is 29.6 Å². The topological polar surface area (TPSA) is 112 Å². The third-order valence-corrected chi connectivity index (χ3v) is 10.9. The summed E-state index contributed by atoms with van der Waals surface area (Å²) in [6.07, 6.45) is 2.42. The second-order valence-corrected chi connectivity index (χ2v) is 12.4. The number of H-pyrrole nitrogens is 1. The number of likely N-dealkylation sites (tertiary alicyclic amines) is 1. The van der Waals surface area contributed by atoms with Gasteiger partial charge in [0.1, 0.15) is 12.3 Å². The number of rotatable bonds is 4. The number of imide groups is 1. The van der Waals surface area contributed by atoms with E-state index in [1.807, 2.05) is 12.1 Å². The molecule has 0 spiro atoms. The highest BCUT2D eigenvalue weighted by Gasteiger charge is 2.69. The van der Waals surface area contributed by atoms with Crippen LogP contribution in [-0.2, 0) is 14.4 Å². The molecule has 184 valence electrons. The predicted molar refractivity (Wildman–Crippen MR) is 134 cm³/mol. The van der Waals surface area contributed by atoms with Crippen LogP contribution in [0.3, 0.4) is 0 Å². The van der Waals surface area contributed by atoms with Gasteiger partial charge in [-0.15, -0.1) is 11.8 Å². The molecule has 36 heavy (non-hydrogen) atoms. The van der Waals surface area contributed by atoms with Crippen molar-refractivity contribution in [3.05, 3.63) is 68.0 Å². The average molecular weight is 542 g/mol. The number of carbonyl (C=O) groups is 3. The van der Waals surface area contributed by atoms with Gasteiger partial charge in [0.25, 0.3) is 0 Å². The van der Waals surface area contributed by atoms with Crippen molar-refractivity contribution in [1.29, 1.82) is 0 Å². The van der Waals surface area contributed by atoms with Crippen molar-refractivity contribution in [1.82, 2.24) is 9.88 Å². The maximum Gasteiger partial charge on any atom is 0.305 e. The summed E-state index contributed by atoms with van der Waals surface area (Å²) in [7, 11) is 0. The number of thioether (sulfide) groups is 1. The molecule has 2 N–H and O–H groups in total. The molecule has 8 nitrogen and oxygen atoms in total. The second-order valence-electron chi connectivity index (χ2n) is 9.79. The standard InChI is InChI=1S/C25H20ClN3O5S2/c26-10-3-5-11(6-4-10)27-15(30)9-29-23(31)17-12-8-13(18(17)24(29)32)20-16(12)19(14-2-1-7-34-14)21-22(35-20)28-25(33)36-21/h1-7,12-13,16-20H,8-9H2,(H,27,30)(H,28,33)/t12-,13+,16-,17+,18+,19+,20-/m0/s1. The van der Waals surface area contributed by atoms with Crippen LogP contribution in [0.25, 0.3) is 0 Å². The summed E-state index contributed by atoms with van der Waals surface area (Å²) in [5.41, 5.74) is 0.549. The van der Waals surface area contributed by atoms with E-state index < -0.39 is 17.7 Å². The molecule has 3 amide bonds. The molecule has 1 saturated heterocycles. The smallest absolute Gasteiger partial charge is 0.305 e. The first-order valence-corrected chi connectivity index (χ1v) is 13.8. The van der Waals surface area contributed by atoms with Crippen LogP contribution in [0, 0.1) is 29.6 Å². The van der Waals surface area contributed by atoms with E-state index >= 15 is 0 Å². The molecule has 2 aliphatic carbocycles. The highest BCUT2D eigenvalue weighted by atomic mass is 35.5. The third kappa shape index (κ3) is 3.20. The van der Waals surface area contributed by atoms with Crippen molar-refractivity contribution in [2.75, 3.05) is 11.9 Å². The minimum absolute atomic E-state index is 0.00444. The number of halogens is 1. The fraction of sp³-hybridized carbons (Fsp3) is 0.360. The summed E-state index contributed by atoms with van der Waals surface area (Å²) in [4.78, 5) is 56.9. The van der Waals surface area contributed by atoms with E-state index in [-0.39, 0.29) is 52.2 Å². The molecule has 11 heteroatoms. The number of hydrogen-bond acceptors (Lipinski definition) is 7. The Kier molecular flexibility index (Phi) is 5.03. The molecule has 4 aliphatic rings. The van der Waals surface area contributed by atoms with E-state index in [1.165, 1.54) is 11.3 Å². The number of hydrogen-bond donors (Lipinski definition) is 2. The van der Waals surface area contributed by atoms with Crippen LogP contribution in [0.2, 0.25) is 5.02 Å². The van der Waals surface area contributed by atoms with Gasteiger partial charge in [0.05, 0.1) is 33.9 Å². The van der Waals surface area contributed by atoms with E-state index in [1.54, 1.807) is 42.3 Å². The molecular weight excluding hydrogens is 522 g/mol. The number of amides is 3. The molecule has 2 saturated carbocycles. The first-order chi connectivity index (χ1) is 17.4. The van der Waals surface area contributed by atoms with Gasteiger partial charge < -0.3 is 14.7 Å². The number of nitrogens with zero attached hydrogens (tertiary/aromatic N) is 1. The van der Waals surface area contributed by atoms with Gasteiger partial charge in [0.2, 0.25) is 17.7 Å². The normalized spacial score (nSPS) is 31.9. The first kappa shape index (κ1) is 22.4. The zero-order chi connectivity index (χ0) is 24.7. The largest absolute Gasteiger partial charge is 0.469 e. The highest BCUT2D eigenvalue weighted by Crippen LogP contribution is 2.68. The Morgan fingerprint density at radius 3 is 2.58 bits per heavy atom. The molecule has 7 atom stereocenters. The Morgan fingerprint density at radius 2 is 1.86 bits per heavy atom. The molecule has 1 aromatic carbocycles. The Labute approximate surface area is 218 Å². The number of nitrogens with one attached hydrogen (secondary N) is 2. The molecule has 3 aromatic rings. The summed E-state index contributed by atoms with van der Waals surface area (Å²) in [6.45, 7) is -0.308. The van der Waals surface area contributed by atoms with Gasteiger partial charge in [-0.2, -0.15) is 0 Å². The van der Waals surface area contributed by atoms with Gasteiger partial charge >= 0.3 is 4.87 Å². The van der Waals surface area contributed by atoms with Crippen molar-refractivity contribution in [2.45, 2.75) is 22.6 Å². The molecule has 0 unspecified atom stereocenters. The van der Waals surface area contributed by atoms with Crippen molar-refractivity contribution in [3.63, 3.8) is 0 Å². The zero-order valence-corrected chi connectivity index (χ0v) is 21.1. The van der Waals surface area contributed by atoms with Crippen LogP contribution in [-0.4, -0.2) is 39.4 Å².